The van der Waals surface area contributed by atoms with Crippen molar-refractivity contribution in [2.24, 2.45) is 5.73 Å². The summed E-state index contributed by atoms with van der Waals surface area (Å²) in [7, 11) is 0. The van der Waals surface area contributed by atoms with Crippen LogP contribution in [0.5, 0.6) is 0 Å². The zero-order valence-corrected chi connectivity index (χ0v) is 18.4. The van der Waals surface area contributed by atoms with Gasteiger partial charge in [-0.05, 0) is 49.4 Å². The molecule has 170 valence electrons. The summed E-state index contributed by atoms with van der Waals surface area (Å²) in [5.41, 5.74) is 6.41. The maximum atomic E-state index is 12.9. The lowest BCUT2D eigenvalue weighted by Crippen LogP contribution is -2.14. The second-order valence-electron chi connectivity index (χ2n) is 7.02. The van der Waals surface area contributed by atoms with Gasteiger partial charge >= 0.3 is 6.18 Å². The number of carbonyl (C=O) groups is 1. The molecule has 0 radical (unpaired) electrons. The molecule has 4 rings (SSSR count). The van der Waals surface area contributed by atoms with Crippen LogP contribution in [0.1, 0.15) is 21.9 Å². The average molecular weight is 495 g/mol. The second kappa shape index (κ2) is 8.45. The van der Waals surface area contributed by atoms with Crippen LogP contribution in [0.15, 0.2) is 54.7 Å². The number of amides is 1. The van der Waals surface area contributed by atoms with Crippen molar-refractivity contribution >= 4 is 40.5 Å². The van der Waals surface area contributed by atoms with Crippen LogP contribution in [0.3, 0.4) is 0 Å². The smallest absolute Gasteiger partial charge is 0.364 e. The summed E-state index contributed by atoms with van der Waals surface area (Å²) in [6.07, 6.45) is -3.03. The standard InChI is InChI=1S/C21H15Cl2F3N6O/c1-11-9-17(21(24,25)26)29-32(11)13-7-5-12(6-8-13)28-16-10-31(30-18(16)20(27)33)19-14(22)3-2-4-15(19)23/h2-10,28H,1H3,(H2,27,33). The van der Waals surface area contributed by atoms with Crippen LogP contribution in [0.4, 0.5) is 24.5 Å². The first-order valence-corrected chi connectivity index (χ1v) is 10.2. The van der Waals surface area contributed by atoms with Gasteiger partial charge in [0, 0.05) is 11.4 Å². The van der Waals surface area contributed by atoms with Crippen LogP contribution < -0.4 is 11.1 Å². The molecule has 0 atom stereocenters. The quantitative estimate of drug-likeness (QED) is 0.381. The van der Waals surface area contributed by atoms with Crippen LogP contribution in [0.2, 0.25) is 10.0 Å². The van der Waals surface area contributed by atoms with Crippen LogP contribution in [-0.2, 0) is 6.18 Å². The molecule has 2 heterocycles. The molecule has 0 fully saturated rings. The van der Waals surface area contributed by atoms with Gasteiger partial charge in [0.05, 0.1) is 27.6 Å². The van der Waals surface area contributed by atoms with E-state index in [2.05, 4.69) is 15.5 Å². The van der Waals surface area contributed by atoms with Crippen molar-refractivity contribution in [1.29, 1.82) is 0 Å². The highest BCUT2D eigenvalue weighted by Gasteiger charge is 2.34. The van der Waals surface area contributed by atoms with E-state index in [4.69, 9.17) is 28.9 Å². The molecule has 4 aromatic rings. The maximum absolute atomic E-state index is 12.9. The third kappa shape index (κ3) is 4.53. The molecule has 0 bridgehead atoms. The number of anilines is 2. The number of carbonyl (C=O) groups excluding carboxylic acids is 1. The fraction of sp³-hybridized carbons (Fsp3) is 0.0952. The maximum Gasteiger partial charge on any atom is 0.435 e. The number of para-hydroxylation sites is 1. The Kier molecular flexibility index (Phi) is 5.81. The van der Waals surface area contributed by atoms with E-state index >= 15 is 0 Å². The zero-order chi connectivity index (χ0) is 23.9. The first-order valence-electron chi connectivity index (χ1n) is 9.40. The first-order chi connectivity index (χ1) is 15.5. The molecule has 2 aromatic carbocycles. The van der Waals surface area contributed by atoms with E-state index in [0.29, 0.717) is 38.5 Å². The fourth-order valence-corrected chi connectivity index (χ4v) is 3.76. The molecule has 2 aromatic heterocycles. The van der Waals surface area contributed by atoms with Gasteiger partial charge in [-0.15, -0.1) is 0 Å². The zero-order valence-electron chi connectivity index (χ0n) is 16.9. The summed E-state index contributed by atoms with van der Waals surface area (Å²) in [4.78, 5) is 11.9. The highest BCUT2D eigenvalue weighted by atomic mass is 35.5. The third-order valence-corrected chi connectivity index (χ3v) is 5.29. The number of nitrogens with two attached hydrogens (primary N) is 1. The van der Waals surface area contributed by atoms with Gasteiger partial charge in [-0.1, -0.05) is 29.3 Å². The number of aryl methyl sites for hydroxylation is 1. The van der Waals surface area contributed by atoms with Crippen molar-refractivity contribution in [1.82, 2.24) is 19.6 Å². The Labute approximate surface area is 195 Å². The van der Waals surface area contributed by atoms with E-state index in [0.717, 1.165) is 6.07 Å². The summed E-state index contributed by atoms with van der Waals surface area (Å²) in [5, 5.41) is 11.5. The van der Waals surface area contributed by atoms with Crippen LogP contribution in [0.25, 0.3) is 11.4 Å². The Morgan fingerprint density at radius 2 is 1.70 bits per heavy atom. The second-order valence-corrected chi connectivity index (χ2v) is 7.84. The highest BCUT2D eigenvalue weighted by Crippen LogP contribution is 2.31. The predicted molar refractivity (Wildman–Crippen MR) is 119 cm³/mol. The van der Waals surface area contributed by atoms with Gasteiger partial charge in [0.15, 0.2) is 11.4 Å². The van der Waals surface area contributed by atoms with Gasteiger partial charge < -0.3 is 11.1 Å². The average Bonchev–Trinajstić information content (AvgIpc) is 3.32. The molecule has 0 aliphatic carbocycles. The number of hydrogen-bond donors (Lipinski definition) is 2. The van der Waals surface area contributed by atoms with E-state index < -0.39 is 17.8 Å². The molecule has 0 aliphatic rings. The fourth-order valence-electron chi connectivity index (χ4n) is 3.19. The number of nitrogens with zero attached hydrogens (tertiary/aromatic N) is 4. The molecule has 7 nitrogen and oxygen atoms in total. The monoisotopic (exact) mass is 494 g/mol. The minimum atomic E-state index is -4.53. The van der Waals surface area contributed by atoms with Crippen molar-refractivity contribution in [3.63, 3.8) is 0 Å². The van der Waals surface area contributed by atoms with E-state index in [1.54, 1.807) is 42.5 Å². The number of halogens is 5. The summed E-state index contributed by atoms with van der Waals surface area (Å²) in [6, 6.07) is 12.3. The van der Waals surface area contributed by atoms with Gasteiger partial charge in [-0.3, -0.25) is 4.79 Å². The summed E-state index contributed by atoms with van der Waals surface area (Å²) >= 11 is 12.4. The van der Waals surface area contributed by atoms with Crippen LogP contribution >= 0.6 is 23.2 Å². The van der Waals surface area contributed by atoms with Crippen molar-refractivity contribution in [3.05, 3.63) is 81.9 Å². The van der Waals surface area contributed by atoms with Crippen molar-refractivity contribution in [2.45, 2.75) is 13.1 Å². The van der Waals surface area contributed by atoms with Gasteiger partial charge in [0.2, 0.25) is 0 Å². The summed E-state index contributed by atoms with van der Waals surface area (Å²) < 4.78 is 41.3. The molecule has 0 saturated carbocycles. The summed E-state index contributed by atoms with van der Waals surface area (Å²) in [5.74, 6) is -0.775. The van der Waals surface area contributed by atoms with Crippen LogP contribution in [0, 0.1) is 6.92 Å². The Bertz CT molecular complexity index is 1330. The van der Waals surface area contributed by atoms with E-state index in [-0.39, 0.29) is 5.69 Å². The lowest BCUT2D eigenvalue weighted by molar-refractivity contribution is -0.141. The Morgan fingerprint density at radius 3 is 2.24 bits per heavy atom. The topological polar surface area (TPSA) is 90.8 Å². The van der Waals surface area contributed by atoms with Gasteiger partial charge in [0.1, 0.15) is 5.69 Å². The number of aromatic nitrogens is 4. The molecular weight excluding hydrogens is 480 g/mol. The lowest BCUT2D eigenvalue weighted by atomic mass is 10.2. The minimum Gasteiger partial charge on any atom is -0.364 e. The first kappa shape index (κ1) is 22.7. The number of benzene rings is 2. The van der Waals surface area contributed by atoms with Crippen molar-refractivity contribution in [2.75, 3.05) is 5.32 Å². The third-order valence-electron chi connectivity index (χ3n) is 4.68. The highest BCUT2D eigenvalue weighted by molar-refractivity contribution is 6.37. The Balaban J connectivity index is 1.64. The van der Waals surface area contributed by atoms with Crippen LogP contribution in [-0.4, -0.2) is 25.5 Å². The van der Waals surface area contributed by atoms with Gasteiger partial charge in [-0.25, -0.2) is 9.36 Å². The molecule has 0 spiro atoms. The number of nitrogens with one attached hydrogen (secondary N) is 1. The van der Waals surface area contributed by atoms with E-state index in [1.807, 2.05) is 0 Å². The van der Waals surface area contributed by atoms with E-state index in [1.165, 1.54) is 22.5 Å². The number of primary amides is 1. The molecule has 0 aliphatic heterocycles. The van der Waals surface area contributed by atoms with Gasteiger partial charge in [0.25, 0.3) is 5.91 Å². The molecule has 1 amide bonds. The SMILES string of the molecule is Cc1cc(C(F)(F)F)nn1-c1ccc(Nc2cn(-c3c(Cl)cccc3Cl)nc2C(N)=O)cc1. The number of rotatable bonds is 5. The molecule has 12 heteroatoms. The molecular formula is C21H15Cl2F3N6O. The molecule has 3 N–H and O–H groups in total. The van der Waals surface area contributed by atoms with E-state index in [9.17, 15) is 18.0 Å². The largest absolute Gasteiger partial charge is 0.435 e. The normalized spacial score (nSPS) is 11.6. The Morgan fingerprint density at radius 1 is 1.06 bits per heavy atom. The van der Waals surface area contributed by atoms with Crippen molar-refractivity contribution in [3.8, 4) is 11.4 Å². The summed E-state index contributed by atoms with van der Waals surface area (Å²) in [6.45, 7) is 1.53. The number of alkyl halides is 3. The predicted octanol–water partition coefficient (Wildman–Crippen LogP) is 5.53. The molecule has 33 heavy (non-hydrogen) atoms. The van der Waals surface area contributed by atoms with Gasteiger partial charge in [-0.2, -0.15) is 23.4 Å². The number of hydrogen-bond acceptors (Lipinski definition) is 4. The van der Waals surface area contributed by atoms with Crippen molar-refractivity contribution < 1.29 is 18.0 Å². The minimum absolute atomic E-state index is 0.0483. The molecule has 0 unspecified atom stereocenters. The lowest BCUT2D eigenvalue weighted by Gasteiger charge is -2.08. The molecule has 0 saturated heterocycles. The Hall–Kier alpha value is -3.50.